The highest BCUT2D eigenvalue weighted by molar-refractivity contribution is 5.65. The van der Waals surface area contributed by atoms with Gasteiger partial charge >= 0.3 is 0 Å². The van der Waals surface area contributed by atoms with Crippen LogP contribution in [0.3, 0.4) is 0 Å². The molecule has 9 nitrogen and oxygen atoms in total. The Morgan fingerprint density at radius 2 is 1.89 bits per heavy atom. The number of nitrogen functional groups attached to an aromatic ring is 1. The SMILES string of the molecule is COc1ccc(-c2cnc(N)c(NCc3ccc(N=CN)nc3)n2)cc1.N. The molecule has 0 saturated heterocycles. The van der Waals surface area contributed by atoms with Crippen LogP contribution in [0.15, 0.2) is 53.8 Å². The third-order valence-corrected chi connectivity index (χ3v) is 3.66. The van der Waals surface area contributed by atoms with Gasteiger partial charge in [-0.3, -0.25) is 0 Å². The summed E-state index contributed by atoms with van der Waals surface area (Å²) in [6, 6.07) is 11.3. The van der Waals surface area contributed by atoms with Crippen LogP contribution in [-0.2, 0) is 6.54 Å². The number of hydrogen-bond donors (Lipinski definition) is 4. The molecule has 9 heteroatoms. The molecular weight excluding hydrogens is 344 g/mol. The number of hydrogen-bond acceptors (Lipinski definition) is 8. The lowest BCUT2D eigenvalue weighted by molar-refractivity contribution is 0.415. The van der Waals surface area contributed by atoms with Crippen LogP contribution in [0.25, 0.3) is 11.3 Å². The summed E-state index contributed by atoms with van der Waals surface area (Å²) in [4.78, 5) is 16.9. The number of nitrogens with zero attached hydrogens (tertiary/aromatic N) is 4. The quantitative estimate of drug-likeness (QED) is 0.382. The van der Waals surface area contributed by atoms with E-state index in [9.17, 15) is 0 Å². The molecule has 2 heterocycles. The van der Waals surface area contributed by atoms with Gasteiger partial charge in [-0.05, 0) is 35.9 Å². The molecule has 0 amide bonds. The van der Waals surface area contributed by atoms with Gasteiger partial charge in [0.1, 0.15) is 5.75 Å². The number of benzene rings is 1. The molecule has 0 fully saturated rings. The minimum Gasteiger partial charge on any atom is -0.497 e. The first kappa shape index (κ1) is 19.6. The molecule has 3 rings (SSSR count). The number of nitrogens with one attached hydrogen (secondary N) is 1. The van der Waals surface area contributed by atoms with Gasteiger partial charge in [0, 0.05) is 18.3 Å². The molecule has 0 bridgehead atoms. The molecule has 8 N–H and O–H groups in total. The van der Waals surface area contributed by atoms with Gasteiger partial charge in [-0.2, -0.15) is 0 Å². The second kappa shape index (κ2) is 9.11. The van der Waals surface area contributed by atoms with E-state index in [-0.39, 0.29) is 6.15 Å². The Kier molecular flexibility index (Phi) is 6.61. The standard InChI is InChI=1S/C18H19N7O.H3N/c1-26-14-5-3-13(4-6-14)15-10-22-17(20)18(25-15)23-9-12-2-7-16(21-8-12)24-11-19;/h2-8,10-11H,9H2,1H3,(H2,20,22)(H,23,25)(H2,19,21,24);1H3. The fourth-order valence-corrected chi connectivity index (χ4v) is 2.29. The lowest BCUT2D eigenvalue weighted by Crippen LogP contribution is -2.07. The summed E-state index contributed by atoms with van der Waals surface area (Å²) >= 11 is 0. The number of rotatable bonds is 6. The van der Waals surface area contributed by atoms with Crippen LogP contribution in [0.4, 0.5) is 17.5 Å². The Morgan fingerprint density at radius 3 is 2.52 bits per heavy atom. The minimum absolute atomic E-state index is 0. The van der Waals surface area contributed by atoms with Gasteiger partial charge in [0.2, 0.25) is 0 Å². The Bertz CT molecular complexity index is 894. The predicted molar refractivity (Wildman–Crippen MR) is 107 cm³/mol. The van der Waals surface area contributed by atoms with Crippen LogP contribution >= 0.6 is 0 Å². The van der Waals surface area contributed by atoms with Crippen molar-refractivity contribution >= 4 is 23.8 Å². The monoisotopic (exact) mass is 366 g/mol. The smallest absolute Gasteiger partial charge is 0.169 e. The van der Waals surface area contributed by atoms with E-state index in [2.05, 4.69) is 25.3 Å². The van der Waals surface area contributed by atoms with E-state index in [4.69, 9.17) is 16.2 Å². The summed E-state index contributed by atoms with van der Waals surface area (Å²) in [7, 11) is 1.63. The zero-order valence-electron chi connectivity index (χ0n) is 15.0. The maximum absolute atomic E-state index is 5.94. The van der Waals surface area contributed by atoms with E-state index < -0.39 is 0 Å². The molecule has 2 aromatic heterocycles. The van der Waals surface area contributed by atoms with Crippen LogP contribution in [-0.4, -0.2) is 28.4 Å². The van der Waals surface area contributed by atoms with Gasteiger partial charge in [0.15, 0.2) is 17.5 Å². The molecule has 1 aromatic carbocycles. The van der Waals surface area contributed by atoms with Crippen molar-refractivity contribution in [1.82, 2.24) is 21.1 Å². The fourth-order valence-electron chi connectivity index (χ4n) is 2.29. The maximum atomic E-state index is 5.94. The zero-order chi connectivity index (χ0) is 18.4. The van der Waals surface area contributed by atoms with Crippen LogP contribution in [0.1, 0.15) is 5.56 Å². The minimum atomic E-state index is 0. The average Bonchev–Trinajstić information content (AvgIpc) is 2.69. The van der Waals surface area contributed by atoms with E-state index in [1.165, 1.54) is 6.34 Å². The molecule has 0 aliphatic rings. The Labute approximate surface area is 157 Å². The van der Waals surface area contributed by atoms with Crippen LogP contribution in [0.2, 0.25) is 0 Å². The largest absolute Gasteiger partial charge is 0.497 e. The molecule has 0 unspecified atom stereocenters. The molecular formula is C18H22N8O. The van der Waals surface area contributed by atoms with E-state index in [0.717, 1.165) is 22.6 Å². The van der Waals surface area contributed by atoms with Crippen LogP contribution < -0.4 is 27.7 Å². The molecule has 3 aromatic rings. The van der Waals surface area contributed by atoms with Crippen molar-refractivity contribution in [3.05, 3.63) is 54.4 Å². The second-order valence-electron chi connectivity index (χ2n) is 5.37. The van der Waals surface area contributed by atoms with E-state index >= 15 is 0 Å². The van der Waals surface area contributed by atoms with E-state index in [1.54, 1.807) is 25.6 Å². The van der Waals surface area contributed by atoms with Crippen molar-refractivity contribution in [1.29, 1.82) is 0 Å². The van der Waals surface area contributed by atoms with Gasteiger partial charge < -0.3 is 27.7 Å². The molecule has 0 radical (unpaired) electrons. The van der Waals surface area contributed by atoms with Gasteiger partial charge in [-0.1, -0.05) is 6.07 Å². The summed E-state index contributed by atoms with van der Waals surface area (Å²) in [5, 5.41) is 3.19. The number of aromatic nitrogens is 3. The number of pyridine rings is 1. The summed E-state index contributed by atoms with van der Waals surface area (Å²) in [5.74, 6) is 2.18. The van der Waals surface area contributed by atoms with Gasteiger partial charge in [-0.15, -0.1) is 0 Å². The Morgan fingerprint density at radius 1 is 1.11 bits per heavy atom. The topological polar surface area (TPSA) is 159 Å². The molecule has 0 saturated carbocycles. The highest BCUT2D eigenvalue weighted by Crippen LogP contribution is 2.23. The van der Waals surface area contributed by atoms with Crippen molar-refractivity contribution in [2.24, 2.45) is 10.7 Å². The van der Waals surface area contributed by atoms with Crippen molar-refractivity contribution < 1.29 is 4.74 Å². The highest BCUT2D eigenvalue weighted by Gasteiger charge is 2.07. The number of nitrogens with two attached hydrogens (primary N) is 2. The third-order valence-electron chi connectivity index (χ3n) is 3.66. The fraction of sp³-hybridized carbons (Fsp3) is 0.111. The predicted octanol–water partition coefficient (Wildman–Crippen LogP) is 2.52. The van der Waals surface area contributed by atoms with Gasteiger partial charge in [0.05, 0.1) is 25.3 Å². The number of methoxy groups -OCH3 is 1. The molecule has 0 aliphatic carbocycles. The van der Waals surface area contributed by atoms with Crippen LogP contribution in [0.5, 0.6) is 5.75 Å². The summed E-state index contributed by atoms with van der Waals surface area (Å²) < 4.78 is 5.17. The first-order chi connectivity index (χ1) is 12.7. The summed E-state index contributed by atoms with van der Waals surface area (Å²) in [6.45, 7) is 0.505. The van der Waals surface area contributed by atoms with Crippen molar-refractivity contribution in [3.63, 3.8) is 0 Å². The van der Waals surface area contributed by atoms with Crippen molar-refractivity contribution in [3.8, 4) is 17.0 Å². The van der Waals surface area contributed by atoms with Crippen LogP contribution in [0, 0.1) is 0 Å². The molecule has 0 atom stereocenters. The maximum Gasteiger partial charge on any atom is 0.169 e. The zero-order valence-corrected chi connectivity index (χ0v) is 15.0. The normalized spacial score (nSPS) is 10.4. The Hall–Kier alpha value is -3.72. The Balaban J connectivity index is 0.00000261. The third kappa shape index (κ3) is 4.89. The molecule has 27 heavy (non-hydrogen) atoms. The van der Waals surface area contributed by atoms with E-state index in [0.29, 0.717) is 24.0 Å². The number of anilines is 2. The number of ether oxygens (including phenoxy) is 1. The second-order valence-corrected chi connectivity index (χ2v) is 5.37. The average molecular weight is 366 g/mol. The first-order valence-corrected chi connectivity index (χ1v) is 7.89. The lowest BCUT2D eigenvalue weighted by atomic mass is 10.1. The summed E-state index contributed by atoms with van der Waals surface area (Å²) in [5.41, 5.74) is 13.8. The van der Waals surface area contributed by atoms with E-state index in [1.807, 2.05) is 30.3 Å². The first-order valence-electron chi connectivity index (χ1n) is 7.89. The highest BCUT2D eigenvalue weighted by atomic mass is 16.5. The molecule has 0 aliphatic heterocycles. The van der Waals surface area contributed by atoms with Crippen molar-refractivity contribution in [2.75, 3.05) is 18.2 Å². The lowest BCUT2D eigenvalue weighted by Gasteiger charge is -2.10. The number of aliphatic imine (C=N–C) groups is 1. The molecule has 140 valence electrons. The summed E-state index contributed by atoms with van der Waals surface area (Å²) in [6.07, 6.45) is 4.57. The molecule has 0 spiro atoms. The van der Waals surface area contributed by atoms with Crippen molar-refractivity contribution in [2.45, 2.75) is 6.54 Å². The van der Waals surface area contributed by atoms with Gasteiger partial charge in [0.25, 0.3) is 0 Å². The van der Waals surface area contributed by atoms with Gasteiger partial charge in [-0.25, -0.2) is 19.9 Å².